The minimum atomic E-state index is -3.57. The Kier molecular flexibility index (Phi) is 3.48. The summed E-state index contributed by atoms with van der Waals surface area (Å²) in [5.74, 6) is 0. The Balaban J connectivity index is 2.18. The molecule has 0 amide bonds. The molecule has 1 aliphatic rings. The number of likely N-dealkylation sites (N-methyl/N-ethyl adjacent to an activating group) is 1. The molecule has 6 nitrogen and oxygen atoms in total. The van der Waals surface area contributed by atoms with Crippen LogP contribution in [-0.4, -0.2) is 47.2 Å². The van der Waals surface area contributed by atoms with Crippen molar-refractivity contribution in [2.75, 3.05) is 13.6 Å². The van der Waals surface area contributed by atoms with E-state index < -0.39 is 15.6 Å². The van der Waals surface area contributed by atoms with Gasteiger partial charge in [0.2, 0.25) is 10.0 Å². The van der Waals surface area contributed by atoms with Crippen LogP contribution in [-0.2, 0) is 10.0 Å². The Bertz CT molecular complexity index is 517. The molecule has 1 saturated carbocycles. The fourth-order valence-electron chi connectivity index (χ4n) is 2.46. The normalized spacial score (nSPS) is 19.6. The Morgan fingerprint density at radius 3 is 2.61 bits per heavy atom. The van der Waals surface area contributed by atoms with Crippen molar-refractivity contribution in [2.45, 2.75) is 43.1 Å². The summed E-state index contributed by atoms with van der Waals surface area (Å²) in [5.41, 5.74) is -0.361. The summed E-state index contributed by atoms with van der Waals surface area (Å²) in [5, 5.41) is 16.6. The third-order valence-electron chi connectivity index (χ3n) is 3.52. The molecule has 1 aromatic heterocycles. The van der Waals surface area contributed by atoms with Crippen molar-refractivity contribution in [3.05, 3.63) is 11.9 Å². The second-order valence-electron chi connectivity index (χ2n) is 5.05. The van der Waals surface area contributed by atoms with Gasteiger partial charge in [-0.1, -0.05) is 12.8 Å². The van der Waals surface area contributed by atoms with Crippen LogP contribution in [0.15, 0.2) is 11.1 Å². The minimum Gasteiger partial charge on any atom is -0.389 e. The van der Waals surface area contributed by atoms with E-state index in [0.717, 1.165) is 12.8 Å². The van der Waals surface area contributed by atoms with E-state index in [1.54, 1.807) is 6.92 Å². The predicted octanol–water partition coefficient (Wildman–Crippen LogP) is 0.644. The number of sulfonamides is 1. The van der Waals surface area contributed by atoms with E-state index in [4.69, 9.17) is 0 Å². The molecular formula is C11H19N3O3S. The van der Waals surface area contributed by atoms with Crippen LogP contribution in [0.2, 0.25) is 0 Å². The molecular weight excluding hydrogens is 254 g/mol. The number of aryl methyl sites for hydroxylation is 1. The number of rotatable bonds is 4. The van der Waals surface area contributed by atoms with Gasteiger partial charge in [0.25, 0.3) is 0 Å². The standard InChI is InChI=1S/C11H19N3O3S/c1-9-10(7-12-13-9)18(16,17)14(2)8-11(15)5-3-4-6-11/h7,15H,3-6,8H2,1-2H3,(H,12,13). The van der Waals surface area contributed by atoms with Gasteiger partial charge in [-0.05, 0) is 19.8 Å². The lowest BCUT2D eigenvalue weighted by Crippen LogP contribution is -2.42. The first-order valence-corrected chi connectivity index (χ1v) is 7.48. The molecule has 0 atom stereocenters. The molecule has 2 N–H and O–H groups in total. The van der Waals surface area contributed by atoms with Gasteiger partial charge in [0.05, 0.1) is 17.5 Å². The number of H-pyrrole nitrogens is 1. The average Bonchev–Trinajstić information content (AvgIpc) is 2.87. The zero-order valence-electron chi connectivity index (χ0n) is 10.7. The van der Waals surface area contributed by atoms with Crippen molar-refractivity contribution in [3.63, 3.8) is 0 Å². The van der Waals surface area contributed by atoms with Gasteiger partial charge in [-0.15, -0.1) is 0 Å². The van der Waals surface area contributed by atoms with Gasteiger partial charge in [-0.2, -0.15) is 9.40 Å². The number of hydrogen-bond acceptors (Lipinski definition) is 4. The van der Waals surface area contributed by atoms with Crippen molar-refractivity contribution in [2.24, 2.45) is 0 Å². The Morgan fingerprint density at radius 2 is 2.11 bits per heavy atom. The first-order chi connectivity index (χ1) is 8.35. The molecule has 0 unspecified atom stereocenters. The van der Waals surface area contributed by atoms with Crippen LogP contribution in [0.1, 0.15) is 31.4 Å². The maximum Gasteiger partial charge on any atom is 0.246 e. The van der Waals surface area contributed by atoms with E-state index in [1.165, 1.54) is 17.5 Å². The molecule has 1 fully saturated rings. The predicted molar refractivity (Wildman–Crippen MR) is 66.6 cm³/mol. The smallest absolute Gasteiger partial charge is 0.246 e. The van der Waals surface area contributed by atoms with Gasteiger partial charge < -0.3 is 5.11 Å². The summed E-state index contributed by atoms with van der Waals surface area (Å²) in [6.07, 6.45) is 4.54. The van der Waals surface area contributed by atoms with E-state index in [-0.39, 0.29) is 11.4 Å². The molecule has 1 heterocycles. The van der Waals surface area contributed by atoms with Gasteiger partial charge in [0.15, 0.2) is 0 Å². The minimum absolute atomic E-state index is 0.139. The van der Waals surface area contributed by atoms with Crippen LogP contribution in [0, 0.1) is 6.92 Å². The zero-order chi connectivity index (χ0) is 13.4. The van der Waals surface area contributed by atoms with E-state index >= 15 is 0 Å². The number of nitrogens with one attached hydrogen (secondary N) is 1. The molecule has 0 radical (unpaired) electrons. The lowest BCUT2D eigenvalue weighted by Gasteiger charge is -2.27. The molecule has 0 bridgehead atoms. The third kappa shape index (κ3) is 2.43. The number of hydrogen-bond donors (Lipinski definition) is 2. The van der Waals surface area contributed by atoms with Crippen molar-refractivity contribution in [1.29, 1.82) is 0 Å². The van der Waals surface area contributed by atoms with Crippen LogP contribution in [0.25, 0.3) is 0 Å². The lowest BCUT2D eigenvalue weighted by atomic mass is 10.0. The summed E-state index contributed by atoms with van der Waals surface area (Å²) in [7, 11) is -2.07. The van der Waals surface area contributed by atoms with Crippen LogP contribution < -0.4 is 0 Å². The largest absolute Gasteiger partial charge is 0.389 e. The Labute approximate surface area is 107 Å². The average molecular weight is 273 g/mol. The topological polar surface area (TPSA) is 86.3 Å². The highest BCUT2D eigenvalue weighted by Crippen LogP contribution is 2.31. The molecule has 1 aliphatic carbocycles. The highest BCUT2D eigenvalue weighted by molar-refractivity contribution is 7.89. The summed E-state index contributed by atoms with van der Waals surface area (Å²) in [6.45, 7) is 1.80. The molecule has 0 aromatic carbocycles. The van der Waals surface area contributed by atoms with Gasteiger partial charge in [-0.25, -0.2) is 8.42 Å². The fraction of sp³-hybridized carbons (Fsp3) is 0.727. The Hall–Kier alpha value is -0.920. The maximum absolute atomic E-state index is 12.3. The number of aromatic nitrogens is 2. The highest BCUT2D eigenvalue weighted by atomic mass is 32.2. The van der Waals surface area contributed by atoms with Crippen molar-refractivity contribution in [3.8, 4) is 0 Å². The van der Waals surface area contributed by atoms with Crippen LogP contribution in [0.3, 0.4) is 0 Å². The van der Waals surface area contributed by atoms with Gasteiger partial charge in [0, 0.05) is 13.6 Å². The second-order valence-corrected chi connectivity index (χ2v) is 7.07. The van der Waals surface area contributed by atoms with Gasteiger partial charge in [-0.3, -0.25) is 5.10 Å². The van der Waals surface area contributed by atoms with Gasteiger partial charge >= 0.3 is 0 Å². The maximum atomic E-state index is 12.3. The number of nitrogens with zero attached hydrogens (tertiary/aromatic N) is 2. The molecule has 102 valence electrons. The quantitative estimate of drug-likeness (QED) is 0.843. The number of aromatic amines is 1. The molecule has 0 saturated heterocycles. The van der Waals surface area contributed by atoms with E-state index in [9.17, 15) is 13.5 Å². The van der Waals surface area contributed by atoms with Crippen molar-refractivity contribution < 1.29 is 13.5 Å². The summed E-state index contributed by atoms with van der Waals surface area (Å²) in [6, 6.07) is 0. The lowest BCUT2D eigenvalue weighted by molar-refractivity contribution is 0.0333. The summed E-state index contributed by atoms with van der Waals surface area (Å²) < 4.78 is 25.8. The molecule has 7 heteroatoms. The van der Waals surface area contributed by atoms with Crippen LogP contribution in [0.5, 0.6) is 0 Å². The fourth-order valence-corrected chi connectivity index (χ4v) is 3.82. The first kappa shape index (κ1) is 13.5. The van der Waals surface area contributed by atoms with Gasteiger partial charge in [0.1, 0.15) is 4.90 Å². The van der Waals surface area contributed by atoms with Crippen molar-refractivity contribution >= 4 is 10.0 Å². The zero-order valence-corrected chi connectivity index (χ0v) is 11.5. The summed E-state index contributed by atoms with van der Waals surface area (Å²) >= 11 is 0. The SMILES string of the molecule is Cc1[nH]ncc1S(=O)(=O)N(C)CC1(O)CCCC1. The van der Waals surface area contributed by atoms with E-state index in [1.807, 2.05) is 0 Å². The monoisotopic (exact) mass is 273 g/mol. The van der Waals surface area contributed by atoms with E-state index in [0.29, 0.717) is 18.5 Å². The first-order valence-electron chi connectivity index (χ1n) is 6.04. The molecule has 2 rings (SSSR count). The van der Waals surface area contributed by atoms with Crippen LogP contribution >= 0.6 is 0 Å². The van der Waals surface area contributed by atoms with Crippen LogP contribution in [0.4, 0.5) is 0 Å². The highest BCUT2D eigenvalue weighted by Gasteiger charge is 2.36. The second kappa shape index (κ2) is 4.64. The number of aliphatic hydroxyl groups is 1. The Morgan fingerprint density at radius 1 is 1.50 bits per heavy atom. The molecule has 1 aromatic rings. The van der Waals surface area contributed by atoms with Crippen molar-refractivity contribution in [1.82, 2.24) is 14.5 Å². The summed E-state index contributed by atoms with van der Waals surface area (Å²) in [4.78, 5) is 0.173. The molecule has 0 aliphatic heterocycles. The molecule has 0 spiro atoms. The molecule has 18 heavy (non-hydrogen) atoms. The van der Waals surface area contributed by atoms with E-state index in [2.05, 4.69) is 10.2 Å². The third-order valence-corrected chi connectivity index (χ3v) is 5.44.